The summed E-state index contributed by atoms with van der Waals surface area (Å²) in [5, 5.41) is 0. The number of benzene rings is 2. The van der Waals surface area contributed by atoms with Crippen molar-refractivity contribution in [2.45, 2.75) is 56.4 Å². The number of rotatable bonds is 12. The Morgan fingerprint density at radius 1 is 1.08 bits per heavy atom. The molecule has 2 heterocycles. The first-order chi connectivity index (χ1) is 17.8. The van der Waals surface area contributed by atoms with Crippen LogP contribution in [0.5, 0.6) is 5.75 Å². The van der Waals surface area contributed by atoms with Gasteiger partial charge in [-0.2, -0.15) is 4.31 Å². The van der Waals surface area contributed by atoms with Gasteiger partial charge in [-0.25, -0.2) is 8.42 Å². The Hall–Kier alpha value is -3.24. The second-order valence-corrected chi connectivity index (χ2v) is 11.1. The van der Waals surface area contributed by atoms with Gasteiger partial charge in [0.1, 0.15) is 12.4 Å². The van der Waals surface area contributed by atoms with Gasteiger partial charge in [-0.3, -0.25) is 14.4 Å². The fraction of sp³-hybridized carbons (Fsp3) is 0.444. The molecule has 0 N–H and O–H groups in total. The quantitative estimate of drug-likeness (QED) is 0.235. The molecule has 0 bridgehead atoms. The number of esters is 1. The van der Waals surface area contributed by atoms with Gasteiger partial charge in [0.25, 0.3) is 11.7 Å². The van der Waals surface area contributed by atoms with E-state index in [1.165, 1.54) is 27.4 Å². The lowest BCUT2D eigenvalue weighted by Crippen LogP contribution is -2.39. The molecule has 4 rings (SSSR count). The van der Waals surface area contributed by atoms with E-state index in [1.54, 1.807) is 0 Å². The Labute approximate surface area is 217 Å². The zero-order chi connectivity index (χ0) is 26.4. The van der Waals surface area contributed by atoms with E-state index < -0.39 is 21.7 Å². The highest BCUT2D eigenvalue weighted by molar-refractivity contribution is 7.89. The Morgan fingerprint density at radius 2 is 1.86 bits per heavy atom. The third kappa shape index (κ3) is 6.02. The molecule has 9 nitrogen and oxygen atoms in total. The highest BCUT2D eigenvalue weighted by Crippen LogP contribution is 2.34. The van der Waals surface area contributed by atoms with Crippen LogP contribution in [0.15, 0.2) is 53.4 Å². The summed E-state index contributed by atoms with van der Waals surface area (Å²) < 4.78 is 39.3. The van der Waals surface area contributed by atoms with Crippen molar-refractivity contribution >= 4 is 33.4 Å². The third-order valence-corrected chi connectivity index (χ3v) is 8.53. The number of amides is 1. The van der Waals surface area contributed by atoms with E-state index in [-0.39, 0.29) is 42.0 Å². The number of carbonyl (C=O) groups excluding carboxylic acids is 3. The number of ether oxygens (including phenoxy) is 2. The molecule has 2 aliphatic heterocycles. The van der Waals surface area contributed by atoms with Crippen LogP contribution in [0.3, 0.4) is 0 Å². The molecule has 0 saturated carbocycles. The highest BCUT2D eigenvalue weighted by Gasteiger charge is 2.39. The van der Waals surface area contributed by atoms with Gasteiger partial charge in [-0.15, -0.1) is 0 Å². The van der Waals surface area contributed by atoms with Gasteiger partial charge in [0.05, 0.1) is 28.8 Å². The minimum absolute atomic E-state index is 0.0274. The molecule has 2 aromatic rings. The van der Waals surface area contributed by atoms with Crippen LogP contribution in [0.2, 0.25) is 0 Å². The Bertz CT molecular complexity index is 1250. The molecule has 2 aromatic carbocycles. The number of unbranched alkanes of at least 4 members (excludes halogenated alkanes) is 1. The molecule has 198 valence electrons. The van der Waals surface area contributed by atoms with Gasteiger partial charge in [0.15, 0.2) is 0 Å². The Kier molecular flexibility index (Phi) is 8.60. The maximum atomic E-state index is 13.5. The number of hydrogen-bond donors (Lipinski definition) is 0. The van der Waals surface area contributed by atoms with Crippen LogP contribution in [-0.4, -0.2) is 62.7 Å². The minimum Gasteiger partial charge on any atom is -0.492 e. The molecule has 1 saturated heterocycles. The van der Waals surface area contributed by atoms with E-state index in [4.69, 9.17) is 9.47 Å². The van der Waals surface area contributed by atoms with Gasteiger partial charge in [-0.05, 0) is 56.0 Å². The standard InChI is InChI=1S/C27H32N2O7S/c1-2-3-17-35-25(30)12-8-15-28-24-14-13-22(18-23(24)26(31)27(28)32)37(33,34)29-16-7-9-20(29)19-36-21-10-5-4-6-11-21/h4-6,10-11,13-14,18,20H,2-3,7-9,12,15-17,19H2,1H3/t20-/m0/s1. The zero-order valence-corrected chi connectivity index (χ0v) is 21.7. The van der Waals surface area contributed by atoms with Gasteiger partial charge in [-0.1, -0.05) is 31.5 Å². The van der Waals surface area contributed by atoms with Crippen LogP contribution in [0.4, 0.5) is 5.69 Å². The monoisotopic (exact) mass is 528 g/mol. The molecule has 0 unspecified atom stereocenters. The van der Waals surface area contributed by atoms with E-state index >= 15 is 0 Å². The van der Waals surface area contributed by atoms with Crippen LogP contribution in [0.1, 0.15) is 55.8 Å². The lowest BCUT2D eigenvalue weighted by atomic mass is 10.1. The van der Waals surface area contributed by atoms with Crippen LogP contribution >= 0.6 is 0 Å². The summed E-state index contributed by atoms with van der Waals surface area (Å²) in [5.74, 6) is -1.14. The summed E-state index contributed by atoms with van der Waals surface area (Å²) in [5.41, 5.74) is 0.423. The van der Waals surface area contributed by atoms with Crippen molar-refractivity contribution in [1.82, 2.24) is 4.31 Å². The largest absolute Gasteiger partial charge is 0.492 e. The average Bonchev–Trinajstić information content (AvgIpc) is 3.47. The van der Waals surface area contributed by atoms with Crippen molar-refractivity contribution in [3.05, 3.63) is 54.1 Å². The molecule has 0 spiro atoms. The number of hydrogen-bond acceptors (Lipinski definition) is 7. The van der Waals surface area contributed by atoms with E-state index in [0.717, 1.165) is 12.8 Å². The normalized spacial score (nSPS) is 17.8. The Morgan fingerprint density at radius 3 is 2.62 bits per heavy atom. The van der Waals surface area contributed by atoms with Crippen LogP contribution in [0.25, 0.3) is 0 Å². The fourth-order valence-electron chi connectivity index (χ4n) is 4.58. The number of anilines is 1. The fourth-order valence-corrected chi connectivity index (χ4v) is 6.29. The maximum Gasteiger partial charge on any atom is 0.305 e. The van der Waals surface area contributed by atoms with Crippen molar-refractivity contribution in [2.75, 3.05) is 31.2 Å². The van der Waals surface area contributed by atoms with Crippen LogP contribution < -0.4 is 9.64 Å². The minimum atomic E-state index is -3.90. The lowest BCUT2D eigenvalue weighted by Gasteiger charge is -2.24. The molecule has 1 amide bonds. The number of sulfonamides is 1. The molecule has 0 radical (unpaired) electrons. The second-order valence-electron chi connectivity index (χ2n) is 9.18. The SMILES string of the molecule is CCCCOC(=O)CCCN1C(=O)C(=O)c2cc(S(=O)(=O)N3CCC[C@H]3COc3ccccc3)ccc21. The molecular formula is C27H32N2O7S. The van der Waals surface area contributed by atoms with E-state index in [2.05, 4.69) is 0 Å². The number of fused-ring (bicyclic) bond motifs is 1. The number of Topliss-reactive ketones (excluding diaryl/α,β-unsaturated/α-hetero) is 1. The third-order valence-electron chi connectivity index (χ3n) is 6.58. The molecule has 1 atom stereocenters. The maximum absolute atomic E-state index is 13.5. The van der Waals surface area contributed by atoms with Gasteiger partial charge >= 0.3 is 5.97 Å². The lowest BCUT2D eigenvalue weighted by molar-refractivity contribution is -0.143. The molecule has 0 aromatic heterocycles. The summed E-state index contributed by atoms with van der Waals surface area (Å²) in [4.78, 5) is 38.4. The number of carbonyl (C=O) groups is 3. The van der Waals surface area contributed by atoms with Crippen molar-refractivity contribution < 1.29 is 32.3 Å². The molecule has 0 aliphatic carbocycles. The van der Waals surface area contributed by atoms with Crippen LogP contribution in [0, 0.1) is 0 Å². The molecule has 37 heavy (non-hydrogen) atoms. The number of para-hydroxylation sites is 1. The zero-order valence-electron chi connectivity index (χ0n) is 20.9. The van der Waals surface area contributed by atoms with Gasteiger partial charge in [0.2, 0.25) is 10.0 Å². The average molecular weight is 529 g/mol. The van der Waals surface area contributed by atoms with Crippen molar-refractivity contribution in [3.63, 3.8) is 0 Å². The summed E-state index contributed by atoms with van der Waals surface area (Å²) in [6.45, 7) is 3.11. The summed E-state index contributed by atoms with van der Waals surface area (Å²) in [6.07, 6.45) is 3.56. The van der Waals surface area contributed by atoms with Crippen LogP contribution in [-0.2, 0) is 24.3 Å². The topological polar surface area (TPSA) is 110 Å². The van der Waals surface area contributed by atoms with Crippen molar-refractivity contribution in [2.24, 2.45) is 0 Å². The van der Waals surface area contributed by atoms with E-state index in [1.807, 2.05) is 37.3 Å². The van der Waals surface area contributed by atoms with E-state index in [0.29, 0.717) is 43.9 Å². The first kappa shape index (κ1) is 26.8. The van der Waals surface area contributed by atoms with Gasteiger partial charge < -0.3 is 14.4 Å². The summed E-state index contributed by atoms with van der Waals surface area (Å²) in [6, 6.07) is 13.1. The number of ketones is 1. The molecule has 10 heteroatoms. The molecule has 2 aliphatic rings. The van der Waals surface area contributed by atoms with Gasteiger partial charge in [0, 0.05) is 19.5 Å². The smallest absolute Gasteiger partial charge is 0.305 e. The summed E-state index contributed by atoms with van der Waals surface area (Å²) >= 11 is 0. The molecular weight excluding hydrogens is 496 g/mol. The predicted octanol–water partition coefficient (Wildman–Crippen LogP) is 3.57. The van der Waals surface area contributed by atoms with Crippen molar-refractivity contribution in [3.8, 4) is 5.75 Å². The second kappa shape index (κ2) is 11.9. The van der Waals surface area contributed by atoms with E-state index in [9.17, 15) is 22.8 Å². The number of nitrogens with zero attached hydrogens (tertiary/aromatic N) is 2. The first-order valence-electron chi connectivity index (χ1n) is 12.7. The first-order valence-corrected chi connectivity index (χ1v) is 14.1. The Balaban J connectivity index is 1.43. The summed E-state index contributed by atoms with van der Waals surface area (Å²) in [7, 11) is -3.90. The van der Waals surface area contributed by atoms with Crippen molar-refractivity contribution in [1.29, 1.82) is 0 Å². The predicted molar refractivity (Wildman–Crippen MR) is 137 cm³/mol. The highest BCUT2D eigenvalue weighted by atomic mass is 32.2. The molecule has 1 fully saturated rings.